The Labute approximate surface area is 120 Å². The largest absolute Gasteiger partial charge is 0.316 e. The van der Waals surface area contributed by atoms with Gasteiger partial charge >= 0.3 is 0 Å². The molecule has 0 unspecified atom stereocenters. The molecule has 0 heterocycles. The van der Waals surface area contributed by atoms with Gasteiger partial charge in [0.2, 0.25) is 0 Å². The molecule has 0 radical (unpaired) electrons. The number of aryl methyl sites for hydroxylation is 1. The first-order valence-electron chi connectivity index (χ1n) is 5.80. The van der Waals surface area contributed by atoms with E-state index in [9.17, 15) is 14.9 Å². The van der Waals surface area contributed by atoms with Crippen molar-refractivity contribution in [3.8, 4) is 0 Å². The molecule has 0 aromatic heterocycles. The summed E-state index contributed by atoms with van der Waals surface area (Å²) in [5.41, 5.74) is 1.18. The zero-order valence-corrected chi connectivity index (χ0v) is 11.3. The maximum atomic E-state index is 12.1. The highest BCUT2D eigenvalue weighted by Gasteiger charge is 2.17. The molecule has 0 aliphatic heterocycles. The van der Waals surface area contributed by atoms with Gasteiger partial charge in [-0.2, -0.15) is 0 Å². The van der Waals surface area contributed by atoms with Gasteiger partial charge in [-0.3, -0.25) is 14.9 Å². The van der Waals surface area contributed by atoms with Crippen LogP contribution in [0.25, 0.3) is 0 Å². The second-order valence-corrected chi connectivity index (χ2v) is 4.62. The highest BCUT2D eigenvalue weighted by atomic mass is 35.5. The Hall–Kier alpha value is -2.40. The first-order valence-corrected chi connectivity index (χ1v) is 6.18. The topological polar surface area (TPSA) is 72.2 Å². The molecule has 0 saturated carbocycles. The number of nitrogens with one attached hydrogen (secondary N) is 1. The van der Waals surface area contributed by atoms with Crippen LogP contribution in [0.3, 0.4) is 0 Å². The number of nitrogens with zero attached hydrogens (tertiary/aromatic N) is 1. The summed E-state index contributed by atoms with van der Waals surface area (Å²) in [6.45, 7) is 1.86. The van der Waals surface area contributed by atoms with Crippen LogP contribution in [0.2, 0.25) is 5.02 Å². The summed E-state index contributed by atoms with van der Waals surface area (Å²) in [7, 11) is 0. The molecular weight excluding hydrogens is 280 g/mol. The number of benzene rings is 2. The smallest absolute Gasteiger partial charge is 0.292 e. The molecule has 0 atom stereocenters. The van der Waals surface area contributed by atoms with Crippen LogP contribution in [0.5, 0.6) is 0 Å². The number of halogens is 1. The average molecular weight is 291 g/mol. The van der Waals surface area contributed by atoms with Gasteiger partial charge in [-0.25, -0.2) is 0 Å². The molecule has 1 N–H and O–H groups in total. The lowest BCUT2D eigenvalue weighted by molar-refractivity contribution is -0.383. The SMILES string of the molecule is Cc1ccc(C(=O)Nc2ccccc2[N+](=O)[O-])c(Cl)c1. The molecule has 5 nitrogen and oxygen atoms in total. The van der Waals surface area contributed by atoms with Crippen LogP contribution in [-0.4, -0.2) is 10.8 Å². The van der Waals surface area contributed by atoms with Gasteiger partial charge in [0.15, 0.2) is 0 Å². The molecular formula is C14H11ClN2O3. The lowest BCUT2D eigenvalue weighted by Crippen LogP contribution is -2.13. The zero-order valence-electron chi connectivity index (χ0n) is 10.6. The van der Waals surface area contributed by atoms with Crippen molar-refractivity contribution >= 4 is 28.9 Å². The van der Waals surface area contributed by atoms with Crippen molar-refractivity contribution in [1.82, 2.24) is 0 Å². The van der Waals surface area contributed by atoms with Crippen LogP contribution in [0.15, 0.2) is 42.5 Å². The van der Waals surface area contributed by atoms with Gasteiger partial charge in [0.05, 0.1) is 15.5 Å². The number of carbonyl (C=O) groups is 1. The van der Waals surface area contributed by atoms with Gasteiger partial charge in [-0.1, -0.05) is 29.8 Å². The molecule has 20 heavy (non-hydrogen) atoms. The number of hydrogen-bond donors (Lipinski definition) is 1. The number of nitro groups is 1. The Morgan fingerprint density at radius 3 is 2.60 bits per heavy atom. The quantitative estimate of drug-likeness (QED) is 0.690. The molecule has 0 bridgehead atoms. The van der Waals surface area contributed by atoms with Gasteiger partial charge in [-0.15, -0.1) is 0 Å². The first-order chi connectivity index (χ1) is 9.49. The fourth-order valence-electron chi connectivity index (χ4n) is 1.73. The molecule has 2 rings (SSSR count). The highest BCUT2D eigenvalue weighted by Crippen LogP contribution is 2.25. The molecule has 0 aliphatic rings. The molecule has 0 fully saturated rings. The van der Waals surface area contributed by atoms with Gasteiger partial charge in [0, 0.05) is 6.07 Å². The summed E-state index contributed by atoms with van der Waals surface area (Å²) < 4.78 is 0. The van der Waals surface area contributed by atoms with E-state index < -0.39 is 10.8 Å². The third-order valence-corrected chi connectivity index (χ3v) is 3.03. The Kier molecular flexibility index (Phi) is 4.00. The van der Waals surface area contributed by atoms with Gasteiger partial charge in [0.1, 0.15) is 5.69 Å². The predicted molar refractivity (Wildman–Crippen MR) is 77.2 cm³/mol. The van der Waals surface area contributed by atoms with Gasteiger partial charge in [0.25, 0.3) is 11.6 Å². The van der Waals surface area contributed by atoms with Crippen molar-refractivity contribution in [2.45, 2.75) is 6.92 Å². The van der Waals surface area contributed by atoms with Gasteiger partial charge < -0.3 is 5.32 Å². The van der Waals surface area contributed by atoms with Crippen molar-refractivity contribution < 1.29 is 9.72 Å². The van der Waals surface area contributed by atoms with Crippen LogP contribution in [0, 0.1) is 17.0 Å². The van der Waals surface area contributed by atoms with E-state index in [2.05, 4.69) is 5.32 Å². The number of rotatable bonds is 3. The molecule has 102 valence electrons. The third-order valence-electron chi connectivity index (χ3n) is 2.72. The molecule has 6 heteroatoms. The number of anilines is 1. The molecule has 0 saturated heterocycles. The van der Waals surface area contributed by atoms with Crippen molar-refractivity contribution in [2.75, 3.05) is 5.32 Å². The number of nitro benzene ring substituents is 1. The van der Waals surface area contributed by atoms with E-state index in [1.807, 2.05) is 6.92 Å². The second kappa shape index (κ2) is 5.71. The summed E-state index contributed by atoms with van der Waals surface area (Å²) in [5.74, 6) is -0.482. The van der Waals surface area contributed by atoms with Crippen molar-refractivity contribution in [3.05, 3.63) is 68.7 Å². The van der Waals surface area contributed by atoms with Crippen molar-refractivity contribution in [1.29, 1.82) is 0 Å². The lowest BCUT2D eigenvalue weighted by atomic mass is 10.1. The van der Waals surface area contributed by atoms with Crippen LogP contribution in [-0.2, 0) is 0 Å². The second-order valence-electron chi connectivity index (χ2n) is 4.21. The van der Waals surface area contributed by atoms with E-state index in [1.165, 1.54) is 18.2 Å². The Bertz CT molecular complexity index is 686. The van der Waals surface area contributed by atoms with Crippen LogP contribution < -0.4 is 5.32 Å². The van der Waals surface area contributed by atoms with E-state index in [-0.39, 0.29) is 16.9 Å². The van der Waals surface area contributed by atoms with Crippen molar-refractivity contribution in [3.63, 3.8) is 0 Å². The van der Waals surface area contributed by atoms with E-state index in [1.54, 1.807) is 24.3 Å². The van der Waals surface area contributed by atoms with E-state index in [0.29, 0.717) is 5.02 Å². The summed E-state index contributed by atoms with van der Waals surface area (Å²) in [5, 5.41) is 13.7. The summed E-state index contributed by atoms with van der Waals surface area (Å²) in [6, 6.07) is 10.9. The van der Waals surface area contributed by atoms with Gasteiger partial charge in [-0.05, 0) is 30.7 Å². The van der Waals surface area contributed by atoms with Crippen molar-refractivity contribution in [2.24, 2.45) is 0 Å². The first kappa shape index (κ1) is 14.0. The van der Waals surface area contributed by atoms with E-state index >= 15 is 0 Å². The molecule has 1 amide bonds. The monoisotopic (exact) mass is 290 g/mol. The van der Waals surface area contributed by atoms with Crippen LogP contribution >= 0.6 is 11.6 Å². The molecule has 0 spiro atoms. The fraction of sp³-hybridized carbons (Fsp3) is 0.0714. The highest BCUT2D eigenvalue weighted by molar-refractivity contribution is 6.34. The van der Waals surface area contributed by atoms with E-state index in [0.717, 1.165) is 5.56 Å². The third kappa shape index (κ3) is 2.95. The average Bonchev–Trinajstić information content (AvgIpc) is 2.38. The van der Waals surface area contributed by atoms with Crippen LogP contribution in [0.4, 0.5) is 11.4 Å². The summed E-state index contributed by atoms with van der Waals surface area (Å²) in [6.07, 6.45) is 0. The minimum atomic E-state index is -0.549. The number of carbonyl (C=O) groups excluding carboxylic acids is 1. The number of amides is 1. The minimum absolute atomic E-state index is 0.138. The molecule has 2 aromatic carbocycles. The predicted octanol–water partition coefficient (Wildman–Crippen LogP) is 3.81. The number of para-hydroxylation sites is 2. The molecule has 0 aliphatic carbocycles. The Balaban J connectivity index is 2.30. The zero-order chi connectivity index (χ0) is 14.7. The maximum Gasteiger partial charge on any atom is 0.292 e. The standard InChI is InChI=1S/C14H11ClN2O3/c1-9-6-7-10(11(15)8-9)14(18)16-12-4-2-3-5-13(12)17(19)20/h2-8H,1H3,(H,16,18). The normalized spacial score (nSPS) is 10.1. The fourth-order valence-corrected chi connectivity index (χ4v) is 2.05. The Morgan fingerprint density at radius 2 is 1.95 bits per heavy atom. The lowest BCUT2D eigenvalue weighted by Gasteiger charge is -2.07. The van der Waals surface area contributed by atoms with Crippen LogP contribution in [0.1, 0.15) is 15.9 Å². The maximum absolute atomic E-state index is 12.1. The summed E-state index contributed by atoms with van der Waals surface area (Å²) in [4.78, 5) is 22.4. The summed E-state index contributed by atoms with van der Waals surface area (Å²) >= 11 is 6.00. The molecule has 2 aromatic rings. The minimum Gasteiger partial charge on any atom is -0.316 e. The Morgan fingerprint density at radius 1 is 1.25 bits per heavy atom. The van der Waals surface area contributed by atoms with E-state index in [4.69, 9.17) is 11.6 Å². The number of hydrogen-bond acceptors (Lipinski definition) is 3.